The Morgan fingerprint density at radius 2 is 2.11 bits per heavy atom. The van der Waals surface area contributed by atoms with Gasteiger partial charge in [0.1, 0.15) is 0 Å². The first kappa shape index (κ1) is 18.2. The van der Waals surface area contributed by atoms with Crippen LogP contribution in [-0.2, 0) is 24.1 Å². The molecule has 1 aliphatic carbocycles. The highest BCUT2D eigenvalue weighted by Crippen LogP contribution is 2.33. The first-order chi connectivity index (χ1) is 13.2. The number of aryl methyl sites for hydroxylation is 1. The van der Waals surface area contributed by atoms with Crippen LogP contribution in [0.3, 0.4) is 0 Å². The van der Waals surface area contributed by atoms with Crippen molar-refractivity contribution in [3.05, 3.63) is 51.5 Å². The predicted molar refractivity (Wildman–Crippen MR) is 106 cm³/mol. The molecule has 0 bridgehead atoms. The second-order valence-corrected chi connectivity index (χ2v) is 8.50. The van der Waals surface area contributed by atoms with Gasteiger partial charge in [0.15, 0.2) is 0 Å². The van der Waals surface area contributed by atoms with E-state index in [2.05, 4.69) is 10.3 Å². The molecule has 3 heterocycles. The maximum absolute atomic E-state index is 12.6. The van der Waals surface area contributed by atoms with Gasteiger partial charge in [-0.2, -0.15) is 0 Å². The number of likely N-dealkylation sites (tertiary alicyclic amines) is 1. The van der Waals surface area contributed by atoms with Crippen LogP contribution in [0.4, 0.5) is 0 Å². The van der Waals surface area contributed by atoms with E-state index in [4.69, 9.17) is 0 Å². The summed E-state index contributed by atoms with van der Waals surface area (Å²) in [6.45, 7) is 2.37. The van der Waals surface area contributed by atoms with Gasteiger partial charge in [0.2, 0.25) is 5.91 Å². The van der Waals surface area contributed by atoms with Gasteiger partial charge >= 0.3 is 0 Å². The number of thiophene rings is 1. The number of carbonyl (C=O) groups excluding carboxylic acids is 2. The second-order valence-electron chi connectivity index (χ2n) is 7.36. The van der Waals surface area contributed by atoms with Crippen LogP contribution >= 0.6 is 11.3 Å². The minimum absolute atomic E-state index is 0.00516. The lowest BCUT2D eigenvalue weighted by atomic mass is 9.87. The molecule has 2 aliphatic rings. The second kappa shape index (κ2) is 8.21. The molecule has 0 radical (unpaired) electrons. The summed E-state index contributed by atoms with van der Waals surface area (Å²) < 4.78 is 0. The number of hydrogen-bond acceptors (Lipinski definition) is 4. The highest BCUT2D eigenvalue weighted by molar-refractivity contribution is 7.14. The smallest absolute Gasteiger partial charge is 0.263 e. The van der Waals surface area contributed by atoms with Crippen LogP contribution in [0, 0.1) is 5.92 Å². The van der Waals surface area contributed by atoms with Gasteiger partial charge in [-0.15, -0.1) is 11.3 Å². The summed E-state index contributed by atoms with van der Waals surface area (Å²) in [6.07, 6.45) is 7.24. The zero-order valence-corrected chi connectivity index (χ0v) is 16.3. The van der Waals surface area contributed by atoms with Crippen molar-refractivity contribution in [3.63, 3.8) is 0 Å². The van der Waals surface area contributed by atoms with Crippen LogP contribution in [0.2, 0.25) is 0 Å². The molecular weight excluding hydrogens is 358 g/mol. The maximum atomic E-state index is 12.6. The molecule has 27 heavy (non-hydrogen) atoms. The van der Waals surface area contributed by atoms with Gasteiger partial charge in [-0.3, -0.25) is 14.6 Å². The Bertz CT molecular complexity index is 812. The van der Waals surface area contributed by atoms with Crippen LogP contribution in [0.1, 0.15) is 45.1 Å². The summed E-state index contributed by atoms with van der Waals surface area (Å²) in [5.74, 6) is 0.295. The number of amides is 2. The molecule has 1 atom stereocenters. The van der Waals surface area contributed by atoms with Gasteiger partial charge in [0, 0.05) is 48.7 Å². The molecule has 6 heteroatoms. The quantitative estimate of drug-likeness (QED) is 0.864. The first-order valence-electron chi connectivity index (χ1n) is 9.79. The minimum atomic E-state index is 0.00516. The van der Waals surface area contributed by atoms with Crippen LogP contribution in [0.25, 0.3) is 0 Å². The summed E-state index contributed by atoms with van der Waals surface area (Å²) in [5, 5.41) is 3.06. The van der Waals surface area contributed by atoms with Gasteiger partial charge in [-0.25, -0.2) is 0 Å². The molecule has 1 saturated heterocycles. The molecule has 5 nitrogen and oxygen atoms in total. The molecule has 0 aromatic carbocycles. The number of rotatable bonds is 5. The normalized spacial score (nSPS) is 19.0. The molecule has 2 aromatic rings. The van der Waals surface area contributed by atoms with E-state index in [1.165, 1.54) is 10.4 Å². The monoisotopic (exact) mass is 383 g/mol. The number of hydrogen-bond donors (Lipinski definition) is 1. The Labute approximate surface area is 163 Å². The molecule has 0 saturated carbocycles. The van der Waals surface area contributed by atoms with E-state index in [0.717, 1.165) is 62.2 Å². The zero-order chi connectivity index (χ0) is 18.6. The average molecular weight is 384 g/mol. The molecule has 2 amide bonds. The van der Waals surface area contributed by atoms with Gasteiger partial charge in [-0.05, 0) is 55.9 Å². The lowest BCUT2D eigenvalue weighted by Gasteiger charge is -2.21. The van der Waals surface area contributed by atoms with Crippen molar-refractivity contribution < 1.29 is 9.59 Å². The van der Waals surface area contributed by atoms with Crippen LogP contribution < -0.4 is 5.32 Å². The first-order valence-corrected chi connectivity index (χ1v) is 10.6. The third-order valence-corrected chi connectivity index (χ3v) is 6.69. The fourth-order valence-electron chi connectivity index (χ4n) is 3.93. The van der Waals surface area contributed by atoms with E-state index in [-0.39, 0.29) is 17.7 Å². The van der Waals surface area contributed by atoms with Crippen molar-refractivity contribution in [1.82, 2.24) is 15.2 Å². The van der Waals surface area contributed by atoms with E-state index in [0.29, 0.717) is 6.54 Å². The molecule has 4 rings (SSSR count). The number of nitrogens with one attached hydrogen (secondary N) is 1. The standard InChI is InChI=1S/C21H25N3O2S/c25-20(23-10-8-17-5-1-2-9-22-17)15-6-7-18-16(13-15)14-19(27-18)21(26)24-11-3-4-12-24/h1-2,5,9,14-15H,3-4,6-8,10-13H2,(H,23,25). The summed E-state index contributed by atoms with van der Waals surface area (Å²) in [7, 11) is 0. The Morgan fingerprint density at radius 1 is 1.26 bits per heavy atom. The average Bonchev–Trinajstić information content (AvgIpc) is 3.37. The highest BCUT2D eigenvalue weighted by Gasteiger charge is 2.29. The number of nitrogens with zero attached hydrogens (tertiary/aromatic N) is 2. The SMILES string of the molecule is O=C(NCCc1ccccn1)C1CCc2sc(C(=O)N3CCCC3)cc2C1. The molecule has 0 spiro atoms. The Kier molecular flexibility index (Phi) is 5.53. The highest BCUT2D eigenvalue weighted by atomic mass is 32.1. The molecule has 2 aromatic heterocycles. The maximum Gasteiger partial charge on any atom is 0.263 e. The lowest BCUT2D eigenvalue weighted by Crippen LogP contribution is -2.35. The van der Waals surface area contributed by atoms with Gasteiger partial charge in [0.25, 0.3) is 5.91 Å². The fourth-order valence-corrected chi connectivity index (χ4v) is 5.11. The van der Waals surface area contributed by atoms with Crippen molar-refractivity contribution in [2.45, 2.75) is 38.5 Å². The summed E-state index contributed by atoms with van der Waals surface area (Å²) >= 11 is 1.63. The third kappa shape index (κ3) is 4.21. The van der Waals surface area contributed by atoms with Crippen LogP contribution in [0.15, 0.2) is 30.5 Å². The van der Waals surface area contributed by atoms with Crippen molar-refractivity contribution in [3.8, 4) is 0 Å². The van der Waals surface area contributed by atoms with Crippen molar-refractivity contribution in [2.24, 2.45) is 5.92 Å². The topological polar surface area (TPSA) is 62.3 Å². The molecule has 1 aliphatic heterocycles. The molecular formula is C21H25N3O2S. The molecule has 1 N–H and O–H groups in total. The third-order valence-electron chi connectivity index (χ3n) is 5.46. The van der Waals surface area contributed by atoms with Crippen molar-refractivity contribution >= 4 is 23.2 Å². The van der Waals surface area contributed by atoms with E-state index in [9.17, 15) is 9.59 Å². The minimum Gasteiger partial charge on any atom is -0.355 e. The zero-order valence-electron chi connectivity index (χ0n) is 15.4. The number of carbonyl (C=O) groups is 2. The molecule has 142 valence electrons. The van der Waals surface area contributed by atoms with Crippen LogP contribution in [0.5, 0.6) is 0 Å². The molecule has 1 unspecified atom stereocenters. The van der Waals surface area contributed by atoms with E-state index >= 15 is 0 Å². The lowest BCUT2D eigenvalue weighted by molar-refractivity contribution is -0.125. The van der Waals surface area contributed by atoms with E-state index < -0.39 is 0 Å². The molecule has 1 fully saturated rings. The Balaban J connectivity index is 1.32. The Morgan fingerprint density at radius 3 is 2.89 bits per heavy atom. The van der Waals surface area contributed by atoms with Gasteiger partial charge < -0.3 is 10.2 Å². The summed E-state index contributed by atoms with van der Waals surface area (Å²) in [4.78, 5) is 33.5. The predicted octanol–water partition coefficient (Wildman–Crippen LogP) is 2.84. The van der Waals surface area contributed by atoms with E-state index in [1.807, 2.05) is 29.2 Å². The van der Waals surface area contributed by atoms with Crippen LogP contribution in [-0.4, -0.2) is 41.3 Å². The largest absolute Gasteiger partial charge is 0.355 e. The van der Waals surface area contributed by atoms with Crippen molar-refractivity contribution in [1.29, 1.82) is 0 Å². The summed E-state index contributed by atoms with van der Waals surface area (Å²) in [5.41, 5.74) is 2.19. The number of pyridine rings is 1. The van der Waals surface area contributed by atoms with Gasteiger partial charge in [0.05, 0.1) is 4.88 Å². The Hall–Kier alpha value is -2.21. The van der Waals surface area contributed by atoms with E-state index in [1.54, 1.807) is 17.5 Å². The fraction of sp³-hybridized carbons (Fsp3) is 0.476. The van der Waals surface area contributed by atoms with Crippen molar-refractivity contribution in [2.75, 3.05) is 19.6 Å². The van der Waals surface area contributed by atoms with Gasteiger partial charge in [-0.1, -0.05) is 6.07 Å². The summed E-state index contributed by atoms with van der Waals surface area (Å²) in [6, 6.07) is 7.87. The number of aromatic nitrogens is 1. The number of fused-ring (bicyclic) bond motifs is 1.